The first kappa shape index (κ1) is 8.69. The first-order valence-corrected chi connectivity index (χ1v) is 4.87. The quantitative estimate of drug-likeness (QED) is 0.745. The van der Waals surface area contributed by atoms with Crippen molar-refractivity contribution in [1.29, 1.82) is 0 Å². The molecule has 1 aliphatic rings. The van der Waals surface area contributed by atoms with Gasteiger partial charge >= 0.3 is 0 Å². The Morgan fingerprint density at radius 1 is 1.54 bits per heavy atom. The highest BCUT2D eigenvalue weighted by Crippen LogP contribution is 2.32. The third-order valence-electron chi connectivity index (χ3n) is 2.62. The minimum Gasteiger partial charge on any atom is -0.339 e. The molecule has 0 aromatic carbocycles. The van der Waals surface area contributed by atoms with Crippen LogP contribution in [-0.2, 0) is 6.42 Å². The molecule has 0 amide bonds. The molecule has 1 aliphatic carbocycles. The number of hydrogen-bond acceptors (Lipinski definition) is 4. The Bertz CT molecular complexity index is 284. The number of aromatic nitrogens is 2. The molecule has 0 bridgehead atoms. The van der Waals surface area contributed by atoms with E-state index in [-0.39, 0.29) is 0 Å². The number of hydrogen-bond donors (Lipinski definition) is 1. The van der Waals surface area contributed by atoms with Crippen molar-refractivity contribution in [3.05, 3.63) is 11.7 Å². The lowest BCUT2D eigenvalue weighted by Gasteiger charge is -2.01. The van der Waals surface area contributed by atoms with Crippen LogP contribution in [0.25, 0.3) is 0 Å². The van der Waals surface area contributed by atoms with E-state index in [0.29, 0.717) is 12.0 Å². The van der Waals surface area contributed by atoms with Crippen molar-refractivity contribution < 1.29 is 4.52 Å². The minimum atomic E-state index is 0.321. The summed E-state index contributed by atoms with van der Waals surface area (Å²) in [5, 5.41) is 3.88. The van der Waals surface area contributed by atoms with Gasteiger partial charge in [-0.05, 0) is 19.3 Å². The van der Waals surface area contributed by atoms with Crippen LogP contribution in [0.4, 0.5) is 0 Å². The normalized spacial score (nSPS) is 28.2. The average Bonchev–Trinajstić information content (AvgIpc) is 2.71. The van der Waals surface area contributed by atoms with Gasteiger partial charge in [-0.1, -0.05) is 12.1 Å². The predicted molar refractivity (Wildman–Crippen MR) is 48.2 cm³/mol. The summed E-state index contributed by atoms with van der Waals surface area (Å²) in [6.07, 6.45) is 3.99. The standard InChI is InChI=1S/C9H15N3O/c1-2-8-11-9(13-12-8)6-3-4-7(10)5-6/h6-7H,2-5,10H2,1H3/t6-,7+/m0/s1. The van der Waals surface area contributed by atoms with Crippen LogP contribution in [0.1, 0.15) is 43.8 Å². The fraction of sp³-hybridized carbons (Fsp3) is 0.778. The second-order valence-corrected chi connectivity index (χ2v) is 3.67. The molecule has 0 radical (unpaired) electrons. The number of nitrogens with zero attached hydrogens (tertiary/aromatic N) is 2. The minimum absolute atomic E-state index is 0.321. The number of aryl methyl sites for hydroxylation is 1. The highest BCUT2D eigenvalue weighted by atomic mass is 16.5. The zero-order valence-corrected chi connectivity index (χ0v) is 7.86. The van der Waals surface area contributed by atoms with E-state index in [1.165, 1.54) is 0 Å². The highest BCUT2D eigenvalue weighted by molar-refractivity contribution is 4.98. The predicted octanol–water partition coefficient (Wildman–Crippen LogP) is 1.23. The van der Waals surface area contributed by atoms with Crippen molar-refractivity contribution in [2.75, 3.05) is 0 Å². The summed E-state index contributed by atoms with van der Waals surface area (Å²) in [5.41, 5.74) is 5.81. The molecular formula is C9H15N3O. The monoisotopic (exact) mass is 181 g/mol. The fourth-order valence-corrected chi connectivity index (χ4v) is 1.82. The number of nitrogens with two attached hydrogens (primary N) is 1. The molecule has 0 saturated heterocycles. The lowest BCUT2D eigenvalue weighted by Crippen LogP contribution is -2.14. The van der Waals surface area contributed by atoms with Crippen molar-refractivity contribution in [2.24, 2.45) is 5.73 Å². The summed E-state index contributed by atoms with van der Waals surface area (Å²) < 4.78 is 5.17. The molecule has 4 heteroatoms. The van der Waals surface area contributed by atoms with E-state index >= 15 is 0 Å². The van der Waals surface area contributed by atoms with Gasteiger partial charge in [0, 0.05) is 18.4 Å². The van der Waals surface area contributed by atoms with Gasteiger partial charge in [0.05, 0.1) is 0 Å². The maximum atomic E-state index is 5.81. The van der Waals surface area contributed by atoms with E-state index in [1.54, 1.807) is 0 Å². The maximum Gasteiger partial charge on any atom is 0.229 e. The SMILES string of the molecule is CCc1noc([C@H]2CC[C@@H](N)C2)n1. The van der Waals surface area contributed by atoms with E-state index in [4.69, 9.17) is 10.3 Å². The van der Waals surface area contributed by atoms with E-state index in [1.807, 2.05) is 6.92 Å². The molecule has 1 aromatic heterocycles. The molecule has 1 saturated carbocycles. The van der Waals surface area contributed by atoms with E-state index in [9.17, 15) is 0 Å². The molecule has 1 heterocycles. The smallest absolute Gasteiger partial charge is 0.229 e. The topological polar surface area (TPSA) is 64.9 Å². The van der Waals surface area contributed by atoms with Crippen molar-refractivity contribution in [2.45, 2.75) is 44.6 Å². The summed E-state index contributed by atoms with van der Waals surface area (Å²) in [7, 11) is 0. The van der Waals surface area contributed by atoms with Gasteiger partial charge < -0.3 is 10.3 Å². The summed E-state index contributed by atoms with van der Waals surface area (Å²) >= 11 is 0. The van der Waals surface area contributed by atoms with Gasteiger partial charge in [-0.2, -0.15) is 4.98 Å². The van der Waals surface area contributed by atoms with Gasteiger partial charge in [0.25, 0.3) is 0 Å². The van der Waals surface area contributed by atoms with Crippen LogP contribution in [0.5, 0.6) is 0 Å². The van der Waals surface area contributed by atoms with Gasteiger partial charge in [-0.15, -0.1) is 0 Å². The largest absolute Gasteiger partial charge is 0.339 e. The van der Waals surface area contributed by atoms with Gasteiger partial charge in [0.1, 0.15) is 0 Å². The van der Waals surface area contributed by atoms with Crippen LogP contribution in [-0.4, -0.2) is 16.2 Å². The second-order valence-electron chi connectivity index (χ2n) is 3.67. The second kappa shape index (κ2) is 3.46. The molecule has 2 atom stereocenters. The maximum absolute atomic E-state index is 5.81. The van der Waals surface area contributed by atoms with Gasteiger partial charge in [0.15, 0.2) is 5.82 Å². The van der Waals surface area contributed by atoms with Crippen molar-refractivity contribution in [3.63, 3.8) is 0 Å². The van der Waals surface area contributed by atoms with E-state index in [2.05, 4.69) is 10.1 Å². The molecule has 2 rings (SSSR count). The van der Waals surface area contributed by atoms with Crippen molar-refractivity contribution in [3.8, 4) is 0 Å². The lowest BCUT2D eigenvalue weighted by molar-refractivity contribution is 0.349. The van der Waals surface area contributed by atoms with Crippen LogP contribution >= 0.6 is 0 Å². The number of rotatable bonds is 2. The summed E-state index contributed by atoms with van der Waals surface area (Å²) in [5.74, 6) is 1.99. The van der Waals surface area contributed by atoms with Crippen LogP contribution in [0.2, 0.25) is 0 Å². The van der Waals surface area contributed by atoms with Crippen LogP contribution < -0.4 is 5.73 Å². The summed E-state index contributed by atoms with van der Waals surface area (Å²) in [6, 6.07) is 0.321. The third-order valence-corrected chi connectivity index (χ3v) is 2.62. The Morgan fingerprint density at radius 3 is 2.92 bits per heavy atom. The molecule has 2 N–H and O–H groups in total. The molecule has 0 unspecified atom stereocenters. The van der Waals surface area contributed by atoms with Crippen molar-refractivity contribution in [1.82, 2.24) is 10.1 Å². The lowest BCUT2D eigenvalue weighted by atomic mass is 10.1. The Labute approximate surface area is 77.5 Å². The van der Waals surface area contributed by atoms with Crippen molar-refractivity contribution >= 4 is 0 Å². The molecule has 0 aliphatic heterocycles. The molecule has 1 aromatic rings. The van der Waals surface area contributed by atoms with Crippen LogP contribution in [0, 0.1) is 0 Å². The van der Waals surface area contributed by atoms with Crippen LogP contribution in [0.15, 0.2) is 4.52 Å². The fourth-order valence-electron chi connectivity index (χ4n) is 1.82. The van der Waals surface area contributed by atoms with Gasteiger partial charge in [-0.25, -0.2) is 0 Å². The third kappa shape index (κ3) is 1.72. The molecule has 0 spiro atoms. The zero-order chi connectivity index (χ0) is 9.26. The summed E-state index contributed by atoms with van der Waals surface area (Å²) in [4.78, 5) is 4.31. The van der Waals surface area contributed by atoms with E-state index < -0.39 is 0 Å². The van der Waals surface area contributed by atoms with Gasteiger partial charge in [0.2, 0.25) is 5.89 Å². The molecule has 72 valence electrons. The Hall–Kier alpha value is -0.900. The Morgan fingerprint density at radius 2 is 2.38 bits per heavy atom. The highest BCUT2D eigenvalue weighted by Gasteiger charge is 2.27. The van der Waals surface area contributed by atoms with Crippen LogP contribution in [0.3, 0.4) is 0 Å². The molecular weight excluding hydrogens is 166 g/mol. The Kier molecular flexibility index (Phi) is 2.31. The first-order valence-electron chi connectivity index (χ1n) is 4.87. The van der Waals surface area contributed by atoms with E-state index in [0.717, 1.165) is 37.4 Å². The average molecular weight is 181 g/mol. The molecule has 13 heavy (non-hydrogen) atoms. The molecule has 1 fully saturated rings. The Balaban J connectivity index is 2.08. The first-order chi connectivity index (χ1) is 6.29. The summed E-state index contributed by atoms with van der Waals surface area (Å²) in [6.45, 7) is 2.02. The zero-order valence-electron chi connectivity index (χ0n) is 7.86. The van der Waals surface area contributed by atoms with Gasteiger partial charge in [-0.3, -0.25) is 0 Å². The molecule has 4 nitrogen and oxygen atoms in total.